The van der Waals surface area contributed by atoms with Gasteiger partial charge in [-0.15, -0.1) is 20.4 Å². The van der Waals surface area contributed by atoms with Crippen molar-refractivity contribution in [1.82, 2.24) is 29.5 Å². The van der Waals surface area contributed by atoms with E-state index in [1.54, 1.807) is 41.0 Å². The largest absolute Gasteiger partial charge is 0.382 e. The number of rotatable bonds is 12. The smallest absolute Gasteiger partial charge is 0.170 e. The Hall–Kier alpha value is -7.40. The summed E-state index contributed by atoms with van der Waals surface area (Å²) in [6.45, 7) is -0.193. The minimum Gasteiger partial charge on any atom is -0.382 e. The fourth-order valence-corrected chi connectivity index (χ4v) is 7.23. The van der Waals surface area contributed by atoms with E-state index in [0.29, 0.717) is 34.2 Å². The second kappa shape index (κ2) is 16.6. The topological polar surface area (TPSA) is 90.9 Å². The highest BCUT2D eigenvalue weighted by molar-refractivity contribution is 5.70. The molecule has 10 heteroatoms. The molecule has 0 spiro atoms. The highest BCUT2D eigenvalue weighted by Crippen LogP contribution is 2.37. The third-order valence-electron chi connectivity index (χ3n) is 10.2. The number of benzene rings is 7. The molecule has 2 atom stereocenters. The van der Waals surface area contributed by atoms with Gasteiger partial charge in [0.25, 0.3) is 0 Å². The van der Waals surface area contributed by atoms with E-state index >= 15 is 8.78 Å². The van der Waals surface area contributed by atoms with Crippen LogP contribution in [0, 0.1) is 11.6 Å². The SMILES string of the molecule is OC(c1nnc(-c2ccc(-c3ccccc3)cc2)n1-c1ccccc1F)C(OCc1nnc(-c2ccc(-c3ccccc3)cc2)n1-c1ccccc1F)c1ccccc1. The average Bonchev–Trinajstić information content (AvgIpc) is 3.93. The molecule has 0 saturated carbocycles. The van der Waals surface area contributed by atoms with Crippen LogP contribution in [-0.2, 0) is 11.3 Å². The number of para-hydroxylation sites is 2. The first-order valence-corrected chi connectivity index (χ1v) is 19.1. The van der Waals surface area contributed by atoms with Crippen molar-refractivity contribution < 1.29 is 18.6 Å². The standard InChI is InChI=1S/C49H36F2N6O2/c50-40-20-10-12-22-42(40)56-44(52-53-47(56)38-28-24-35(25-29-38)33-14-4-1-5-15-33)32-59-46(37-18-8-3-9-19-37)45(58)49-55-54-48(57(49)43-23-13-11-21-41(43)51)39-30-26-36(27-31-39)34-16-6-2-7-17-34/h1-31,45-46,58H,32H2. The van der Waals surface area contributed by atoms with Crippen LogP contribution in [0.3, 0.4) is 0 Å². The zero-order valence-corrected chi connectivity index (χ0v) is 31.6. The molecule has 0 amide bonds. The zero-order valence-electron chi connectivity index (χ0n) is 31.6. The first-order chi connectivity index (χ1) is 29.0. The van der Waals surface area contributed by atoms with Crippen molar-refractivity contribution in [2.75, 3.05) is 0 Å². The molecule has 2 aromatic heterocycles. The van der Waals surface area contributed by atoms with Crippen LogP contribution in [0.4, 0.5) is 8.78 Å². The average molecular weight is 779 g/mol. The van der Waals surface area contributed by atoms with Crippen molar-refractivity contribution in [2.45, 2.75) is 18.8 Å². The van der Waals surface area contributed by atoms with Crippen LogP contribution < -0.4 is 0 Å². The summed E-state index contributed by atoms with van der Waals surface area (Å²) in [6.07, 6.45) is -2.52. The lowest BCUT2D eigenvalue weighted by atomic mass is 10.0. The minimum atomic E-state index is -1.46. The zero-order chi connectivity index (χ0) is 40.1. The summed E-state index contributed by atoms with van der Waals surface area (Å²) in [6, 6.07) is 57.3. The summed E-state index contributed by atoms with van der Waals surface area (Å²) in [5, 5.41) is 30.4. The molecule has 2 heterocycles. The number of aliphatic hydroxyl groups excluding tert-OH is 1. The first kappa shape index (κ1) is 37.2. The molecular formula is C49H36F2N6O2. The molecule has 0 radical (unpaired) electrons. The van der Waals surface area contributed by atoms with Gasteiger partial charge in [-0.05, 0) is 52.1 Å². The van der Waals surface area contributed by atoms with Gasteiger partial charge in [-0.2, -0.15) is 0 Å². The van der Waals surface area contributed by atoms with Gasteiger partial charge in [0.1, 0.15) is 30.4 Å². The maximum Gasteiger partial charge on any atom is 0.170 e. The van der Waals surface area contributed by atoms with Crippen LogP contribution in [0.1, 0.15) is 29.4 Å². The van der Waals surface area contributed by atoms with Crippen LogP contribution in [0.15, 0.2) is 188 Å². The number of ether oxygens (including phenoxy) is 1. The van der Waals surface area contributed by atoms with Gasteiger partial charge < -0.3 is 9.84 Å². The number of hydrogen-bond donors (Lipinski definition) is 1. The fourth-order valence-electron chi connectivity index (χ4n) is 7.23. The van der Waals surface area contributed by atoms with Gasteiger partial charge in [0.15, 0.2) is 23.3 Å². The second-order valence-electron chi connectivity index (χ2n) is 13.9. The van der Waals surface area contributed by atoms with Crippen molar-refractivity contribution in [3.63, 3.8) is 0 Å². The van der Waals surface area contributed by atoms with E-state index in [-0.39, 0.29) is 23.8 Å². The number of aromatic nitrogens is 6. The molecule has 2 unspecified atom stereocenters. The Morgan fingerprint density at radius 3 is 1.37 bits per heavy atom. The van der Waals surface area contributed by atoms with Crippen molar-refractivity contribution >= 4 is 0 Å². The van der Waals surface area contributed by atoms with Gasteiger partial charge in [-0.3, -0.25) is 9.13 Å². The second-order valence-corrected chi connectivity index (χ2v) is 13.9. The third kappa shape index (κ3) is 7.58. The van der Waals surface area contributed by atoms with E-state index < -0.39 is 23.8 Å². The summed E-state index contributed by atoms with van der Waals surface area (Å²) in [5.41, 5.74) is 6.52. The number of halogens is 2. The highest BCUT2D eigenvalue weighted by Gasteiger charge is 2.32. The molecule has 288 valence electrons. The Morgan fingerprint density at radius 2 is 0.847 bits per heavy atom. The van der Waals surface area contributed by atoms with Crippen LogP contribution >= 0.6 is 0 Å². The van der Waals surface area contributed by atoms with E-state index in [0.717, 1.165) is 22.3 Å². The molecule has 0 aliphatic carbocycles. The van der Waals surface area contributed by atoms with Crippen molar-refractivity contribution in [3.05, 3.63) is 217 Å². The van der Waals surface area contributed by atoms with Crippen molar-refractivity contribution in [3.8, 4) is 56.4 Å². The predicted octanol–water partition coefficient (Wildman–Crippen LogP) is 10.8. The van der Waals surface area contributed by atoms with Crippen LogP contribution in [-0.4, -0.2) is 34.6 Å². The molecule has 0 bridgehead atoms. The fraction of sp³-hybridized carbons (Fsp3) is 0.0612. The number of nitrogens with zero attached hydrogens (tertiary/aromatic N) is 6. The Bertz CT molecular complexity index is 2810. The minimum absolute atomic E-state index is 0.0563. The van der Waals surface area contributed by atoms with E-state index in [4.69, 9.17) is 4.74 Å². The monoisotopic (exact) mass is 778 g/mol. The summed E-state index contributed by atoms with van der Waals surface area (Å²) in [7, 11) is 0. The summed E-state index contributed by atoms with van der Waals surface area (Å²) < 4.78 is 41.1. The summed E-state index contributed by atoms with van der Waals surface area (Å²) in [4.78, 5) is 0. The number of aliphatic hydroxyl groups is 1. The van der Waals surface area contributed by atoms with E-state index in [1.165, 1.54) is 16.7 Å². The van der Waals surface area contributed by atoms with E-state index in [2.05, 4.69) is 20.4 Å². The predicted molar refractivity (Wildman–Crippen MR) is 223 cm³/mol. The maximum atomic E-state index is 15.7. The Kier molecular flexibility index (Phi) is 10.5. The molecule has 0 aliphatic rings. The van der Waals surface area contributed by atoms with Gasteiger partial charge in [0.2, 0.25) is 0 Å². The van der Waals surface area contributed by atoms with Gasteiger partial charge in [-0.1, -0.05) is 164 Å². The van der Waals surface area contributed by atoms with E-state index in [9.17, 15) is 5.11 Å². The lowest BCUT2D eigenvalue weighted by molar-refractivity contribution is -0.0562. The Balaban J connectivity index is 1.09. The molecule has 0 aliphatic heterocycles. The van der Waals surface area contributed by atoms with Crippen LogP contribution in [0.5, 0.6) is 0 Å². The summed E-state index contributed by atoms with van der Waals surface area (Å²) >= 11 is 0. The number of hydrogen-bond acceptors (Lipinski definition) is 6. The highest BCUT2D eigenvalue weighted by atomic mass is 19.1. The molecule has 9 rings (SSSR count). The molecule has 7 aromatic carbocycles. The van der Waals surface area contributed by atoms with Crippen molar-refractivity contribution in [2.24, 2.45) is 0 Å². The van der Waals surface area contributed by atoms with Crippen LogP contribution in [0.2, 0.25) is 0 Å². The van der Waals surface area contributed by atoms with Crippen molar-refractivity contribution in [1.29, 1.82) is 0 Å². The molecule has 8 nitrogen and oxygen atoms in total. The molecular weight excluding hydrogens is 743 g/mol. The van der Waals surface area contributed by atoms with Gasteiger partial charge in [0, 0.05) is 11.1 Å². The third-order valence-corrected chi connectivity index (χ3v) is 10.2. The first-order valence-electron chi connectivity index (χ1n) is 19.1. The van der Waals surface area contributed by atoms with Gasteiger partial charge in [0.05, 0.1) is 11.4 Å². The molecule has 59 heavy (non-hydrogen) atoms. The quantitative estimate of drug-likeness (QED) is 0.133. The molecule has 1 N–H and O–H groups in total. The van der Waals surface area contributed by atoms with Crippen LogP contribution in [0.25, 0.3) is 56.4 Å². The Morgan fingerprint density at radius 1 is 0.441 bits per heavy atom. The van der Waals surface area contributed by atoms with E-state index in [1.807, 2.05) is 140 Å². The molecule has 0 fully saturated rings. The van der Waals surface area contributed by atoms with Gasteiger partial charge >= 0.3 is 0 Å². The maximum absolute atomic E-state index is 15.7. The normalized spacial score (nSPS) is 12.3. The lowest BCUT2D eigenvalue weighted by Crippen LogP contribution is -2.20. The Labute approximate surface area is 339 Å². The lowest BCUT2D eigenvalue weighted by Gasteiger charge is -2.24. The molecule has 9 aromatic rings. The molecule has 0 saturated heterocycles. The summed E-state index contributed by atoms with van der Waals surface area (Å²) in [5.74, 6) is 0.0891. The van der Waals surface area contributed by atoms with Gasteiger partial charge in [-0.25, -0.2) is 8.78 Å².